The summed E-state index contributed by atoms with van der Waals surface area (Å²) in [6.07, 6.45) is 0. The number of hydrogen-bond donors (Lipinski definition) is 1. The molecule has 6 nitrogen and oxygen atoms in total. The average Bonchev–Trinajstić information content (AvgIpc) is 2.68. The molecule has 0 spiro atoms. The molecule has 2 aromatic carbocycles. The fourth-order valence-corrected chi connectivity index (χ4v) is 2.06. The van der Waals surface area contributed by atoms with Gasteiger partial charge in [-0.1, -0.05) is 18.2 Å². The van der Waals surface area contributed by atoms with Crippen molar-refractivity contribution in [2.75, 3.05) is 58.6 Å². The van der Waals surface area contributed by atoms with Crippen LogP contribution in [0.4, 0.5) is 5.69 Å². The minimum Gasteiger partial charge on any atom is -0.491 e. The number of benzene rings is 2. The molecule has 0 fully saturated rings. The molecule has 0 radical (unpaired) electrons. The molecular formula is C20H27NO5. The predicted molar refractivity (Wildman–Crippen MR) is 101 cm³/mol. The summed E-state index contributed by atoms with van der Waals surface area (Å²) >= 11 is 0. The molecule has 6 heteroatoms. The lowest BCUT2D eigenvalue weighted by molar-refractivity contribution is 0.00499. The van der Waals surface area contributed by atoms with Gasteiger partial charge in [-0.25, -0.2) is 0 Å². The Morgan fingerprint density at radius 2 is 0.923 bits per heavy atom. The Labute approximate surface area is 154 Å². The van der Waals surface area contributed by atoms with Crippen molar-refractivity contribution in [3.63, 3.8) is 0 Å². The molecule has 0 aromatic heterocycles. The molecule has 0 aliphatic rings. The zero-order valence-electron chi connectivity index (χ0n) is 15.0. The first kappa shape index (κ1) is 20.0. The van der Waals surface area contributed by atoms with E-state index in [2.05, 4.69) is 0 Å². The molecule has 26 heavy (non-hydrogen) atoms. The van der Waals surface area contributed by atoms with Crippen LogP contribution in [0.5, 0.6) is 11.5 Å². The van der Waals surface area contributed by atoms with E-state index in [0.29, 0.717) is 52.9 Å². The Bertz CT molecular complexity index is 577. The highest BCUT2D eigenvalue weighted by molar-refractivity contribution is 5.41. The molecule has 2 aromatic rings. The molecule has 0 atom stereocenters. The van der Waals surface area contributed by atoms with Crippen LogP contribution in [0, 0.1) is 0 Å². The second kappa shape index (κ2) is 13.0. The SMILES string of the molecule is Nc1ccc(OCCOCCOCCOCCOc2ccccc2)cc1. The van der Waals surface area contributed by atoms with Crippen molar-refractivity contribution in [3.8, 4) is 11.5 Å². The van der Waals surface area contributed by atoms with Gasteiger partial charge >= 0.3 is 0 Å². The molecule has 0 heterocycles. The molecule has 2 rings (SSSR count). The van der Waals surface area contributed by atoms with Crippen molar-refractivity contribution in [1.82, 2.24) is 0 Å². The Kier molecular flexibility index (Phi) is 10.0. The van der Waals surface area contributed by atoms with Gasteiger partial charge in [0.05, 0.1) is 39.6 Å². The molecule has 0 unspecified atom stereocenters. The minimum absolute atomic E-state index is 0.494. The smallest absolute Gasteiger partial charge is 0.119 e. The van der Waals surface area contributed by atoms with Crippen molar-refractivity contribution in [1.29, 1.82) is 0 Å². The number of ether oxygens (including phenoxy) is 5. The molecule has 0 bridgehead atoms. The maximum absolute atomic E-state index is 5.61. The first-order valence-corrected chi connectivity index (χ1v) is 8.74. The molecule has 0 saturated carbocycles. The van der Waals surface area contributed by atoms with Crippen LogP contribution < -0.4 is 15.2 Å². The standard InChI is InChI=1S/C20H27NO5/c21-18-6-8-20(9-7-18)26-17-15-24-13-11-22-10-12-23-14-16-25-19-4-2-1-3-5-19/h1-9H,10-17,21H2. The monoisotopic (exact) mass is 361 g/mol. The highest BCUT2D eigenvalue weighted by atomic mass is 16.6. The number of para-hydroxylation sites is 1. The number of hydrogen-bond acceptors (Lipinski definition) is 6. The van der Waals surface area contributed by atoms with Gasteiger partial charge in [0.15, 0.2) is 0 Å². The summed E-state index contributed by atoms with van der Waals surface area (Å²) in [6.45, 7) is 4.22. The second-order valence-electron chi connectivity index (χ2n) is 5.42. The summed E-state index contributed by atoms with van der Waals surface area (Å²) in [5, 5.41) is 0. The molecule has 0 saturated heterocycles. The maximum Gasteiger partial charge on any atom is 0.119 e. The van der Waals surface area contributed by atoms with Crippen molar-refractivity contribution in [3.05, 3.63) is 54.6 Å². The van der Waals surface area contributed by atoms with E-state index in [1.165, 1.54) is 0 Å². The Hall–Kier alpha value is -2.28. The van der Waals surface area contributed by atoms with E-state index in [-0.39, 0.29) is 0 Å². The van der Waals surface area contributed by atoms with Gasteiger partial charge in [0, 0.05) is 5.69 Å². The van der Waals surface area contributed by atoms with Crippen LogP contribution in [0.25, 0.3) is 0 Å². The number of nitrogens with two attached hydrogens (primary N) is 1. The zero-order chi connectivity index (χ0) is 18.3. The summed E-state index contributed by atoms with van der Waals surface area (Å²) in [6, 6.07) is 17.0. The fourth-order valence-electron chi connectivity index (χ4n) is 2.06. The number of anilines is 1. The summed E-state index contributed by atoms with van der Waals surface area (Å²) in [5.74, 6) is 1.64. The summed E-state index contributed by atoms with van der Waals surface area (Å²) in [7, 11) is 0. The van der Waals surface area contributed by atoms with E-state index in [9.17, 15) is 0 Å². The van der Waals surface area contributed by atoms with E-state index in [4.69, 9.17) is 29.4 Å². The lowest BCUT2D eigenvalue weighted by atomic mass is 10.3. The average molecular weight is 361 g/mol. The largest absolute Gasteiger partial charge is 0.491 e. The summed E-state index contributed by atoms with van der Waals surface area (Å²) in [4.78, 5) is 0. The Morgan fingerprint density at radius 3 is 1.42 bits per heavy atom. The number of rotatable bonds is 14. The fraction of sp³-hybridized carbons (Fsp3) is 0.400. The molecule has 0 aliphatic heterocycles. The molecular weight excluding hydrogens is 334 g/mol. The third-order valence-electron chi connectivity index (χ3n) is 3.36. The van der Waals surface area contributed by atoms with Gasteiger partial charge in [-0.15, -0.1) is 0 Å². The van der Waals surface area contributed by atoms with Gasteiger partial charge in [0.2, 0.25) is 0 Å². The van der Waals surface area contributed by atoms with Crippen molar-refractivity contribution >= 4 is 5.69 Å². The minimum atomic E-state index is 0.494. The van der Waals surface area contributed by atoms with Gasteiger partial charge in [0.1, 0.15) is 24.7 Å². The topological polar surface area (TPSA) is 72.2 Å². The summed E-state index contributed by atoms with van der Waals surface area (Å²) < 4.78 is 27.4. The quantitative estimate of drug-likeness (QED) is 0.412. The van der Waals surface area contributed by atoms with Crippen molar-refractivity contribution in [2.24, 2.45) is 0 Å². The van der Waals surface area contributed by atoms with Crippen molar-refractivity contribution in [2.45, 2.75) is 0 Å². The highest BCUT2D eigenvalue weighted by Crippen LogP contribution is 2.12. The van der Waals surface area contributed by atoms with Crippen molar-refractivity contribution < 1.29 is 23.7 Å². The van der Waals surface area contributed by atoms with Gasteiger partial charge in [-0.05, 0) is 36.4 Å². The lowest BCUT2D eigenvalue weighted by Gasteiger charge is -2.09. The van der Waals surface area contributed by atoms with Crippen LogP contribution in [-0.4, -0.2) is 52.9 Å². The third kappa shape index (κ3) is 9.27. The Balaban J connectivity index is 1.31. The van der Waals surface area contributed by atoms with Crippen LogP contribution in [0.15, 0.2) is 54.6 Å². The normalized spacial score (nSPS) is 10.6. The van der Waals surface area contributed by atoms with Gasteiger partial charge in [-0.2, -0.15) is 0 Å². The molecule has 142 valence electrons. The highest BCUT2D eigenvalue weighted by Gasteiger charge is 1.95. The van der Waals surface area contributed by atoms with Crippen LogP contribution in [0.2, 0.25) is 0 Å². The third-order valence-corrected chi connectivity index (χ3v) is 3.36. The van der Waals surface area contributed by atoms with Crippen LogP contribution in [-0.2, 0) is 14.2 Å². The van der Waals surface area contributed by atoms with Crippen LogP contribution in [0.3, 0.4) is 0 Å². The van der Waals surface area contributed by atoms with E-state index in [1.807, 2.05) is 42.5 Å². The van der Waals surface area contributed by atoms with Gasteiger partial charge in [0.25, 0.3) is 0 Å². The van der Waals surface area contributed by atoms with Crippen LogP contribution >= 0.6 is 0 Å². The second-order valence-corrected chi connectivity index (χ2v) is 5.42. The molecule has 2 N–H and O–H groups in total. The number of nitrogen functional groups attached to an aromatic ring is 1. The van der Waals surface area contributed by atoms with E-state index < -0.39 is 0 Å². The van der Waals surface area contributed by atoms with Gasteiger partial charge in [-0.3, -0.25) is 0 Å². The zero-order valence-corrected chi connectivity index (χ0v) is 15.0. The van der Waals surface area contributed by atoms with Gasteiger partial charge < -0.3 is 29.4 Å². The summed E-state index contributed by atoms with van der Waals surface area (Å²) in [5.41, 5.74) is 6.33. The molecule has 0 aliphatic carbocycles. The first-order valence-electron chi connectivity index (χ1n) is 8.74. The van der Waals surface area contributed by atoms with E-state index in [1.54, 1.807) is 12.1 Å². The lowest BCUT2D eigenvalue weighted by Crippen LogP contribution is -2.14. The maximum atomic E-state index is 5.61. The van der Waals surface area contributed by atoms with E-state index in [0.717, 1.165) is 17.2 Å². The Morgan fingerprint density at radius 1 is 0.500 bits per heavy atom. The predicted octanol–water partition coefficient (Wildman–Crippen LogP) is 2.78. The van der Waals surface area contributed by atoms with Crippen LogP contribution in [0.1, 0.15) is 0 Å². The molecule has 0 amide bonds. The first-order chi connectivity index (χ1) is 12.8. The van der Waals surface area contributed by atoms with E-state index >= 15 is 0 Å².